The van der Waals surface area contributed by atoms with Crippen LogP contribution in [0.5, 0.6) is 5.75 Å². The predicted octanol–water partition coefficient (Wildman–Crippen LogP) is 3.40. The summed E-state index contributed by atoms with van der Waals surface area (Å²) in [6.45, 7) is 8.11. The molecule has 0 aliphatic heterocycles. The van der Waals surface area contributed by atoms with Gasteiger partial charge < -0.3 is 13.9 Å². The molecule has 0 spiro atoms. The van der Waals surface area contributed by atoms with E-state index < -0.39 is 8.32 Å². The molecule has 0 amide bonds. The van der Waals surface area contributed by atoms with E-state index in [9.17, 15) is 4.79 Å². The van der Waals surface area contributed by atoms with Gasteiger partial charge in [0.25, 0.3) is 0 Å². The molecule has 5 heteroatoms. The lowest BCUT2D eigenvalue weighted by molar-refractivity contribution is -0.148. The highest BCUT2D eigenvalue weighted by atomic mass is 28.4. The number of benzene rings is 1. The normalized spacial score (nSPS) is 14.5. The van der Waals surface area contributed by atoms with Crippen LogP contribution in [0.2, 0.25) is 19.6 Å². The van der Waals surface area contributed by atoms with Crippen LogP contribution in [0.15, 0.2) is 24.3 Å². The van der Waals surface area contributed by atoms with Crippen LogP contribution in [0.4, 0.5) is 0 Å². The predicted molar refractivity (Wildman–Crippen MR) is 81.3 cm³/mol. The number of carbonyl (C=O) groups excluding carboxylic acids is 1. The molecule has 0 aliphatic rings. The summed E-state index contributed by atoms with van der Waals surface area (Å²) in [6, 6.07) is 7.63. The minimum Gasteiger partial charge on any atom is -0.496 e. The zero-order chi connectivity index (χ0) is 15.3. The Morgan fingerprint density at radius 2 is 1.75 bits per heavy atom. The fraction of sp³-hybridized carbons (Fsp3) is 0.533. The van der Waals surface area contributed by atoms with Gasteiger partial charge in [-0.15, -0.1) is 0 Å². The first-order valence-electron chi connectivity index (χ1n) is 6.68. The smallest absolute Gasteiger partial charge is 0.311 e. The maximum absolute atomic E-state index is 11.9. The average molecular weight is 296 g/mol. The molecule has 0 heterocycles. The van der Waals surface area contributed by atoms with E-state index in [0.29, 0.717) is 0 Å². The van der Waals surface area contributed by atoms with Crippen LogP contribution in [-0.4, -0.2) is 28.5 Å². The fourth-order valence-electron chi connectivity index (χ4n) is 2.03. The third kappa shape index (κ3) is 4.35. The van der Waals surface area contributed by atoms with Crippen LogP contribution in [0.3, 0.4) is 0 Å². The molecule has 1 aromatic carbocycles. The largest absolute Gasteiger partial charge is 0.496 e. The maximum atomic E-state index is 11.9. The first-order valence-corrected chi connectivity index (χ1v) is 10.1. The Morgan fingerprint density at radius 3 is 2.25 bits per heavy atom. The summed E-state index contributed by atoms with van der Waals surface area (Å²) < 4.78 is 16.5. The lowest BCUT2D eigenvalue weighted by Gasteiger charge is -2.30. The van der Waals surface area contributed by atoms with Gasteiger partial charge in [-0.1, -0.05) is 18.2 Å². The van der Waals surface area contributed by atoms with Crippen molar-refractivity contribution in [3.05, 3.63) is 29.8 Å². The van der Waals surface area contributed by atoms with Crippen LogP contribution in [0.25, 0.3) is 0 Å². The van der Waals surface area contributed by atoms with Crippen molar-refractivity contribution in [1.82, 2.24) is 0 Å². The Bertz CT molecular complexity index is 453. The number of para-hydroxylation sites is 1. The van der Waals surface area contributed by atoms with Crippen molar-refractivity contribution in [3.8, 4) is 5.75 Å². The van der Waals surface area contributed by atoms with Crippen LogP contribution < -0.4 is 4.74 Å². The van der Waals surface area contributed by atoms with Gasteiger partial charge in [0.1, 0.15) is 5.75 Å². The van der Waals surface area contributed by atoms with E-state index in [4.69, 9.17) is 13.9 Å². The highest BCUT2D eigenvalue weighted by Gasteiger charge is 2.33. The van der Waals surface area contributed by atoms with E-state index in [1.807, 2.05) is 31.2 Å². The van der Waals surface area contributed by atoms with E-state index in [1.165, 1.54) is 7.11 Å². The summed E-state index contributed by atoms with van der Waals surface area (Å²) in [4.78, 5) is 11.9. The van der Waals surface area contributed by atoms with E-state index >= 15 is 0 Å². The number of hydrogen-bond donors (Lipinski definition) is 0. The first-order chi connectivity index (χ1) is 9.30. The lowest BCUT2D eigenvalue weighted by atomic mass is 9.97. The second kappa shape index (κ2) is 6.90. The molecule has 0 saturated carbocycles. The van der Waals surface area contributed by atoms with Gasteiger partial charge in [0, 0.05) is 5.56 Å². The summed E-state index contributed by atoms with van der Waals surface area (Å²) in [7, 11) is 1.19. The van der Waals surface area contributed by atoms with E-state index in [2.05, 4.69) is 19.6 Å². The molecule has 2 atom stereocenters. The van der Waals surface area contributed by atoms with E-state index in [1.54, 1.807) is 7.11 Å². The fourth-order valence-corrected chi connectivity index (χ4v) is 3.12. The topological polar surface area (TPSA) is 44.8 Å². The number of methoxy groups -OCH3 is 2. The van der Waals surface area contributed by atoms with Crippen molar-refractivity contribution in [1.29, 1.82) is 0 Å². The van der Waals surface area contributed by atoms with Gasteiger partial charge in [0.15, 0.2) is 8.32 Å². The third-order valence-corrected chi connectivity index (χ3v) is 3.91. The zero-order valence-electron chi connectivity index (χ0n) is 13.1. The molecule has 0 unspecified atom stereocenters. The van der Waals surface area contributed by atoms with Gasteiger partial charge in [-0.05, 0) is 32.6 Å². The minimum atomic E-state index is -1.82. The summed E-state index contributed by atoms with van der Waals surface area (Å²) in [5.74, 6) is 0.0636. The third-order valence-electron chi connectivity index (χ3n) is 2.95. The Hall–Kier alpha value is -1.33. The van der Waals surface area contributed by atoms with E-state index in [-0.39, 0.29) is 18.0 Å². The summed E-state index contributed by atoms with van der Waals surface area (Å²) >= 11 is 0. The number of esters is 1. The Balaban J connectivity index is 3.19. The Morgan fingerprint density at radius 1 is 1.15 bits per heavy atom. The van der Waals surface area contributed by atoms with Crippen LogP contribution in [0, 0.1) is 5.92 Å². The molecular weight excluding hydrogens is 272 g/mol. The van der Waals surface area contributed by atoms with Gasteiger partial charge in [-0.2, -0.15) is 0 Å². The molecule has 1 rings (SSSR count). The van der Waals surface area contributed by atoms with Crippen LogP contribution in [-0.2, 0) is 14.0 Å². The molecule has 0 N–H and O–H groups in total. The molecule has 112 valence electrons. The Kier molecular flexibility index (Phi) is 5.77. The van der Waals surface area contributed by atoms with Gasteiger partial charge in [-0.3, -0.25) is 4.79 Å². The first kappa shape index (κ1) is 16.7. The molecule has 1 aromatic rings. The highest BCUT2D eigenvalue weighted by Crippen LogP contribution is 2.35. The van der Waals surface area contributed by atoms with Gasteiger partial charge in [0.2, 0.25) is 0 Å². The molecule has 0 saturated heterocycles. The van der Waals surface area contributed by atoms with Crippen molar-refractivity contribution in [3.63, 3.8) is 0 Å². The average Bonchev–Trinajstić information content (AvgIpc) is 2.42. The molecule has 0 bridgehead atoms. The molecule has 0 aromatic heterocycles. The molecular formula is C15H24O4Si. The van der Waals surface area contributed by atoms with Gasteiger partial charge in [0.05, 0.1) is 26.2 Å². The maximum Gasteiger partial charge on any atom is 0.311 e. The summed E-state index contributed by atoms with van der Waals surface area (Å²) in [5.41, 5.74) is 0.885. The number of carbonyl (C=O) groups is 1. The number of hydrogen-bond acceptors (Lipinski definition) is 4. The minimum absolute atomic E-state index is 0.279. The molecule has 4 nitrogen and oxygen atoms in total. The van der Waals surface area contributed by atoms with Crippen molar-refractivity contribution in [2.24, 2.45) is 5.92 Å². The monoisotopic (exact) mass is 296 g/mol. The molecule has 20 heavy (non-hydrogen) atoms. The second-order valence-electron chi connectivity index (χ2n) is 5.70. The number of ether oxygens (including phenoxy) is 2. The van der Waals surface area contributed by atoms with E-state index in [0.717, 1.165) is 11.3 Å². The van der Waals surface area contributed by atoms with Crippen LogP contribution >= 0.6 is 0 Å². The highest BCUT2D eigenvalue weighted by molar-refractivity contribution is 6.69. The van der Waals surface area contributed by atoms with Crippen molar-refractivity contribution >= 4 is 14.3 Å². The standard InChI is InChI=1S/C15H24O4Si/c1-11(15(16)18-3)14(19-20(4,5)6)12-9-7-8-10-13(12)17-2/h7-11,14H,1-6H3/t11-,14+/m1/s1. The number of rotatable bonds is 6. The lowest BCUT2D eigenvalue weighted by Crippen LogP contribution is -2.33. The SMILES string of the molecule is COC(=O)[C@H](C)[C@H](O[Si](C)(C)C)c1ccccc1OC. The van der Waals surface area contributed by atoms with Crippen LogP contribution in [0.1, 0.15) is 18.6 Å². The van der Waals surface area contributed by atoms with Crippen molar-refractivity contribution in [2.75, 3.05) is 14.2 Å². The quantitative estimate of drug-likeness (QED) is 0.596. The van der Waals surface area contributed by atoms with Crippen molar-refractivity contribution in [2.45, 2.75) is 32.7 Å². The molecule has 0 fully saturated rings. The second-order valence-corrected chi connectivity index (χ2v) is 10.2. The summed E-state index contributed by atoms with van der Waals surface area (Å²) in [5, 5.41) is 0. The molecule has 0 aliphatic carbocycles. The zero-order valence-corrected chi connectivity index (χ0v) is 14.1. The molecule has 0 radical (unpaired) electrons. The van der Waals surface area contributed by atoms with Gasteiger partial charge >= 0.3 is 5.97 Å². The van der Waals surface area contributed by atoms with Gasteiger partial charge in [-0.25, -0.2) is 0 Å². The Labute approximate surface area is 122 Å². The summed E-state index contributed by atoms with van der Waals surface area (Å²) in [6.07, 6.45) is -0.356. The van der Waals surface area contributed by atoms with Crippen molar-refractivity contribution < 1.29 is 18.7 Å².